The van der Waals surface area contributed by atoms with Crippen molar-refractivity contribution in [3.63, 3.8) is 0 Å². The van der Waals surface area contributed by atoms with E-state index in [4.69, 9.17) is 9.72 Å². The first-order valence-electron chi connectivity index (χ1n) is 13.4. The first kappa shape index (κ1) is 23.9. The van der Waals surface area contributed by atoms with Crippen molar-refractivity contribution in [2.75, 3.05) is 44.7 Å². The van der Waals surface area contributed by atoms with Crippen LogP contribution < -0.4 is 10.9 Å². The van der Waals surface area contributed by atoms with Gasteiger partial charge in [-0.25, -0.2) is 9.78 Å². The van der Waals surface area contributed by atoms with Crippen LogP contribution in [-0.4, -0.2) is 75.8 Å². The van der Waals surface area contributed by atoms with Gasteiger partial charge in [-0.15, -0.1) is 0 Å². The summed E-state index contributed by atoms with van der Waals surface area (Å²) in [6, 6.07) is 10.1. The monoisotopic (exact) mass is 502 g/mol. The summed E-state index contributed by atoms with van der Waals surface area (Å²) in [6.45, 7) is 6.37. The van der Waals surface area contributed by atoms with E-state index in [0.717, 1.165) is 68.3 Å². The van der Waals surface area contributed by atoms with Gasteiger partial charge in [-0.1, -0.05) is 24.3 Å². The molecule has 37 heavy (non-hydrogen) atoms. The Morgan fingerprint density at radius 2 is 1.81 bits per heavy atom. The summed E-state index contributed by atoms with van der Waals surface area (Å²) >= 11 is 0. The first-order valence-corrected chi connectivity index (χ1v) is 13.4. The lowest BCUT2D eigenvalue weighted by atomic mass is 10.00. The van der Waals surface area contributed by atoms with Gasteiger partial charge in [0.2, 0.25) is 5.95 Å². The number of hydrogen-bond acceptors (Lipinski definition) is 6. The predicted molar refractivity (Wildman–Crippen MR) is 143 cm³/mol. The van der Waals surface area contributed by atoms with E-state index < -0.39 is 0 Å². The van der Waals surface area contributed by atoms with Crippen LogP contribution in [0.2, 0.25) is 0 Å². The van der Waals surface area contributed by atoms with E-state index in [1.54, 1.807) is 0 Å². The van der Waals surface area contributed by atoms with Gasteiger partial charge in [0, 0.05) is 68.6 Å². The van der Waals surface area contributed by atoms with Gasteiger partial charge < -0.3 is 19.9 Å². The molecule has 1 atom stereocenters. The Bertz CT molecular complexity index is 1360. The predicted octanol–water partition coefficient (Wildman–Crippen LogP) is 3.82. The van der Waals surface area contributed by atoms with Crippen molar-refractivity contribution in [3.8, 4) is 11.1 Å². The molecule has 0 radical (unpaired) electrons. The molecule has 3 aliphatic rings. The normalized spacial score (nSPS) is 20.6. The zero-order chi connectivity index (χ0) is 25.4. The highest BCUT2D eigenvalue weighted by molar-refractivity contribution is 5.82. The summed E-state index contributed by atoms with van der Waals surface area (Å²) in [5, 5.41) is 4.28. The van der Waals surface area contributed by atoms with Crippen LogP contribution in [0, 0.1) is 6.92 Å². The highest BCUT2D eigenvalue weighted by atomic mass is 16.5. The number of aromatic nitrogens is 3. The quantitative estimate of drug-likeness (QED) is 0.583. The first-order chi connectivity index (χ1) is 18.1. The van der Waals surface area contributed by atoms with Crippen molar-refractivity contribution in [3.05, 3.63) is 52.4 Å². The maximum Gasteiger partial charge on any atom is 0.320 e. The molecule has 5 heterocycles. The topological polar surface area (TPSA) is 92.6 Å². The molecule has 3 fully saturated rings. The Labute approximate surface area is 216 Å². The fourth-order valence-electron chi connectivity index (χ4n) is 5.88. The number of likely N-dealkylation sites (tertiary alicyclic amines) is 2. The fraction of sp³-hybridized carbons (Fsp3) is 0.500. The number of carbonyl (C=O) groups excluding carboxylic acids is 1. The lowest BCUT2D eigenvalue weighted by Gasteiger charge is -2.26. The van der Waals surface area contributed by atoms with E-state index in [-0.39, 0.29) is 23.7 Å². The number of carbonyl (C=O) groups is 1. The SMILES string of the molecule is Cc1ccccc1-c1cc2cnc(N[C@H]3CCN(C(=O)N4CCCC4)C3)nc2n(C2CCOCC2)c1=O. The molecule has 6 rings (SSSR count). The van der Waals surface area contributed by atoms with Gasteiger partial charge in [-0.05, 0) is 56.2 Å². The number of amides is 2. The highest BCUT2D eigenvalue weighted by Gasteiger charge is 2.31. The summed E-state index contributed by atoms with van der Waals surface area (Å²) < 4.78 is 7.46. The zero-order valence-electron chi connectivity index (χ0n) is 21.4. The molecule has 9 nitrogen and oxygen atoms in total. The molecular weight excluding hydrogens is 468 g/mol. The molecule has 2 amide bonds. The fourth-order valence-corrected chi connectivity index (χ4v) is 5.88. The number of pyridine rings is 1. The van der Waals surface area contributed by atoms with Gasteiger partial charge in [-0.2, -0.15) is 4.98 Å². The van der Waals surface area contributed by atoms with Crippen LogP contribution in [0.1, 0.15) is 43.7 Å². The molecule has 1 aromatic carbocycles. The Kier molecular flexibility index (Phi) is 6.54. The van der Waals surface area contributed by atoms with Gasteiger partial charge in [0.1, 0.15) is 5.65 Å². The van der Waals surface area contributed by atoms with Gasteiger partial charge >= 0.3 is 6.03 Å². The molecule has 1 N–H and O–H groups in total. The lowest BCUT2D eigenvalue weighted by Crippen LogP contribution is -2.41. The Hall–Kier alpha value is -3.46. The summed E-state index contributed by atoms with van der Waals surface area (Å²) in [6.07, 6.45) is 6.38. The zero-order valence-corrected chi connectivity index (χ0v) is 21.4. The molecule has 194 valence electrons. The number of benzene rings is 1. The largest absolute Gasteiger partial charge is 0.381 e. The lowest BCUT2D eigenvalue weighted by molar-refractivity contribution is 0.0697. The molecule has 0 unspecified atom stereocenters. The average molecular weight is 503 g/mol. The molecule has 2 aromatic heterocycles. The minimum atomic E-state index is -0.0263. The van der Waals surface area contributed by atoms with E-state index in [9.17, 15) is 9.59 Å². The van der Waals surface area contributed by atoms with Gasteiger partial charge in [0.05, 0.1) is 0 Å². The van der Waals surface area contributed by atoms with Crippen LogP contribution in [0.5, 0.6) is 0 Å². The third kappa shape index (κ3) is 4.68. The Balaban J connectivity index is 1.32. The summed E-state index contributed by atoms with van der Waals surface area (Å²) in [4.78, 5) is 40.1. The second kappa shape index (κ2) is 10.1. The number of fused-ring (bicyclic) bond motifs is 1. The molecule has 3 saturated heterocycles. The van der Waals surface area contributed by atoms with Crippen LogP contribution in [0.4, 0.5) is 10.7 Å². The van der Waals surface area contributed by atoms with Crippen LogP contribution in [0.3, 0.4) is 0 Å². The number of urea groups is 1. The summed E-state index contributed by atoms with van der Waals surface area (Å²) in [5.74, 6) is 0.497. The van der Waals surface area contributed by atoms with E-state index in [0.29, 0.717) is 36.9 Å². The highest BCUT2D eigenvalue weighted by Crippen LogP contribution is 2.28. The van der Waals surface area contributed by atoms with Crippen LogP contribution in [0.25, 0.3) is 22.2 Å². The second-order valence-electron chi connectivity index (χ2n) is 10.4. The van der Waals surface area contributed by atoms with Crippen molar-refractivity contribution in [1.82, 2.24) is 24.3 Å². The van der Waals surface area contributed by atoms with Crippen molar-refractivity contribution in [2.45, 2.75) is 51.1 Å². The van der Waals surface area contributed by atoms with Crippen molar-refractivity contribution >= 4 is 23.0 Å². The molecular formula is C28H34N6O3. The summed E-state index contributed by atoms with van der Waals surface area (Å²) in [7, 11) is 0. The van der Waals surface area contributed by atoms with E-state index in [1.807, 2.05) is 57.8 Å². The molecule has 3 aliphatic heterocycles. The number of aryl methyl sites for hydroxylation is 1. The standard InChI is InChI=1S/C28H34N6O3/c1-19-6-2-3-7-23(19)24-16-20-17-29-27(31-25(20)34(26(24)35)22-9-14-37-15-10-22)30-21-8-13-33(18-21)28(36)32-11-4-5-12-32/h2-3,6-7,16-17,21-22H,4-5,8-15,18H2,1H3,(H,29,30,31)/t21-/m0/s1. The molecule has 0 bridgehead atoms. The number of hydrogen-bond donors (Lipinski definition) is 1. The number of anilines is 1. The molecule has 9 heteroatoms. The molecule has 3 aromatic rings. The van der Waals surface area contributed by atoms with Crippen molar-refractivity contribution in [1.29, 1.82) is 0 Å². The summed E-state index contributed by atoms with van der Waals surface area (Å²) in [5.41, 5.74) is 3.29. The number of ether oxygens (including phenoxy) is 1. The number of nitrogens with zero attached hydrogens (tertiary/aromatic N) is 5. The maximum atomic E-state index is 13.9. The van der Waals surface area contributed by atoms with Gasteiger partial charge in [-0.3, -0.25) is 9.36 Å². The van der Waals surface area contributed by atoms with Crippen LogP contribution >= 0.6 is 0 Å². The smallest absolute Gasteiger partial charge is 0.320 e. The van der Waals surface area contributed by atoms with Crippen molar-refractivity contribution < 1.29 is 9.53 Å². The number of nitrogens with one attached hydrogen (secondary N) is 1. The van der Waals surface area contributed by atoms with Gasteiger partial charge in [0.15, 0.2) is 0 Å². The molecule has 0 spiro atoms. The minimum Gasteiger partial charge on any atom is -0.381 e. The third-order valence-electron chi connectivity index (χ3n) is 7.93. The average Bonchev–Trinajstić information content (AvgIpc) is 3.62. The number of rotatable bonds is 4. The van der Waals surface area contributed by atoms with Crippen LogP contribution in [0.15, 0.2) is 41.3 Å². The Morgan fingerprint density at radius 1 is 1.03 bits per heavy atom. The maximum absolute atomic E-state index is 13.9. The van der Waals surface area contributed by atoms with E-state index in [1.165, 1.54) is 0 Å². The Morgan fingerprint density at radius 3 is 2.59 bits per heavy atom. The molecule has 0 aliphatic carbocycles. The van der Waals surface area contributed by atoms with Gasteiger partial charge in [0.25, 0.3) is 5.56 Å². The van der Waals surface area contributed by atoms with E-state index in [2.05, 4.69) is 10.3 Å². The van der Waals surface area contributed by atoms with Crippen LogP contribution in [-0.2, 0) is 4.74 Å². The van der Waals surface area contributed by atoms with E-state index >= 15 is 0 Å². The third-order valence-corrected chi connectivity index (χ3v) is 7.93. The molecule has 0 saturated carbocycles. The second-order valence-corrected chi connectivity index (χ2v) is 10.4. The van der Waals surface area contributed by atoms with Crippen molar-refractivity contribution in [2.24, 2.45) is 0 Å². The minimum absolute atomic E-state index is 0.0236.